The molecule has 1 aromatic rings. The lowest BCUT2D eigenvalue weighted by Crippen LogP contribution is -2.19. The summed E-state index contributed by atoms with van der Waals surface area (Å²) in [5.41, 5.74) is -0.570. The number of nitro groups is 1. The van der Waals surface area contributed by atoms with Gasteiger partial charge in [0.2, 0.25) is 5.82 Å². The van der Waals surface area contributed by atoms with Gasteiger partial charge in [0.25, 0.3) is 0 Å². The van der Waals surface area contributed by atoms with Gasteiger partial charge in [0.05, 0.1) is 25.1 Å². The van der Waals surface area contributed by atoms with E-state index >= 15 is 0 Å². The van der Waals surface area contributed by atoms with Gasteiger partial charge in [-0.2, -0.15) is 4.39 Å². The minimum atomic E-state index is -0.964. The van der Waals surface area contributed by atoms with Gasteiger partial charge in [-0.3, -0.25) is 14.9 Å². The molecule has 1 saturated carbocycles. The Balaban J connectivity index is 2.20. The van der Waals surface area contributed by atoms with Crippen molar-refractivity contribution in [3.8, 4) is 5.75 Å². The number of anilines is 1. The maximum absolute atomic E-state index is 13.8. The van der Waals surface area contributed by atoms with Gasteiger partial charge in [0, 0.05) is 18.2 Å². The fourth-order valence-electron chi connectivity index (χ4n) is 2.70. The molecule has 1 N–H and O–H groups in total. The van der Waals surface area contributed by atoms with Crippen molar-refractivity contribution in [2.24, 2.45) is 5.92 Å². The number of carbonyl (C=O) groups is 1. The Morgan fingerprint density at radius 3 is 2.73 bits per heavy atom. The van der Waals surface area contributed by atoms with Crippen LogP contribution in [0.5, 0.6) is 5.75 Å². The van der Waals surface area contributed by atoms with E-state index in [0.29, 0.717) is 19.3 Å². The standard InChI is InChI=1S/C14H17FN2O5/c1-21-10-6-11(15)13(17(19)20)12(7-10)16-9-4-3-8(5-9)14(18)22-2/h6-9,16H,3-5H2,1-2H3/t8-,9+/m0/s1. The second-order valence-corrected chi connectivity index (χ2v) is 5.14. The zero-order valence-electron chi connectivity index (χ0n) is 12.3. The first-order valence-electron chi connectivity index (χ1n) is 6.82. The highest BCUT2D eigenvalue weighted by Crippen LogP contribution is 2.36. The van der Waals surface area contributed by atoms with Crippen LogP contribution in [0.1, 0.15) is 19.3 Å². The quantitative estimate of drug-likeness (QED) is 0.510. The van der Waals surface area contributed by atoms with Crippen molar-refractivity contribution in [2.75, 3.05) is 19.5 Å². The first-order chi connectivity index (χ1) is 10.5. The zero-order chi connectivity index (χ0) is 16.3. The molecule has 2 rings (SSSR count). The maximum atomic E-state index is 13.8. The van der Waals surface area contributed by atoms with Gasteiger partial charge in [-0.05, 0) is 19.3 Å². The zero-order valence-corrected chi connectivity index (χ0v) is 12.3. The molecule has 0 spiro atoms. The SMILES string of the molecule is COC(=O)[C@H]1CC[C@@H](Nc2cc(OC)cc(F)c2[N+](=O)[O-])C1. The number of carbonyl (C=O) groups excluding carboxylic acids is 1. The molecule has 0 aliphatic heterocycles. The fourth-order valence-corrected chi connectivity index (χ4v) is 2.70. The molecule has 22 heavy (non-hydrogen) atoms. The minimum absolute atomic E-state index is 0.0531. The molecular formula is C14H17FN2O5. The number of esters is 1. The maximum Gasteiger partial charge on any atom is 0.327 e. The van der Waals surface area contributed by atoms with Crippen molar-refractivity contribution in [3.05, 3.63) is 28.1 Å². The van der Waals surface area contributed by atoms with E-state index in [0.717, 1.165) is 6.07 Å². The van der Waals surface area contributed by atoms with Crippen molar-refractivity contribution in [2.45, 2.75) is 25.3 Å². The molecule has 0 unspecified atom stereocenters. The summed E-state index contributed by atoms with van der Waals surface area (Å²) in [4.78, 5) is 21.8. The highest BCUT2D eigenvalue weighted by atomic mass is 19.1. The first-order valence-corrected chi connectivity index (χ1v) is 6.82. The van der Waals surface area contributed by atoms with Gasteiger partial charge >= 0.3 is 11.7 Å². The van der Waals surface area contributed by atoms with Gasteiger partial charge in [0.15, 0.2) is 0 Å². The third-order valence-corrected chi connectivity index (χ3v) is 3.78. The molecule has 0 amide bonds. The van der Waals surface area contributed by atoms with Crippen molar-refractivity contribution < 1.29 is 23.6 Å². The number of nitro benzene ring substituents is 1. The van der Waals surface area contributed by atoms with Crippen molar-refractivity contribution >= 4 is 17.3 Å². The van der Waals surface area contributed by atoms with E-state index in [9.17, 15) is 19.3 Å². The van der Waals surface area contributed by atoms with Crippen LogP contribution < -0.4 is 10.1 Å². The lowest BCUT2D eigenvalue weighted by molar-refractivity contribution is -0.386. The predicted octanol–water partition coefficient (Wildman–Crippen LogP) is 2.50. The largest absolute Gasteiger partial charge is 0.497 e. The average Bonchev–Trinajstić information content (AvgIpc) is 2.93. The van der Waals surface area contributed by atoms with Crippen LogP contribution in [0.2, 0.25) is 0 Å². The Hall–Kier alpha value is -2.38. The minimum Gasteiger partial charge on any atom is -0.497 e. The molecule has 0 saturated heterocycles. The number of methoxy groups -OCH3 is 2. The van der Waals surface area contributed by atoms with E-state index in [1.807, 2.05) is 0 Å². The second-order valence-electron chi connectivity index (χ2n) is 5.14. The molecule has 1 fully saturated rings. The van der Waals surface area contributed by atoms with E-state index in [2.05, 4.69) is 5.32 Å². The monoisotopic (exact) mass is 312 g/mol. The number of rotatable bonds is 5. The number of hydrogen-bond acceptors (Lipinski definition) is 6. The molecular weight excluding hydrogens is 295 g/mol. The number of halogens is 1. The Kier molecular flexibility index (Phi) is 4.79. The van der Waals surface area contributed by atoms with E-state index in [-0.39, 0.29) is 29.4 Å². The second kappa shape index (κ2) is 6.59. The van der Waals surface area contributed by atoms with E-state index in [1.54, 1.807) is 0 Å². The highest BCUT2D eigenvalue weighted by molar-refractivity contribution is 5.73. The van der Waals surface area contributed by atoms with Crippen LogP contribution in [0.3, 0.4) is 0 Å². The van der Waals surface area contributed by atoms with Gasteiger partial charge in [-0.15, -0.1) is 0 Å². The average molecular weight is 312 g/mol. The van der Waals surface area contributed by atoms with Crippen LogP contribution in [-0.4, -0.2) is 31.2 Å². The van der Waals surface area contributed by atoms with Gasteiger partial charge < -0.3 is 14.8 Å². The van der Waals surface area contributed by atoms with E-state index < -0.39 is 16.4 Å². The number of nitrogens with one attached hydrogen (secondary N) is 1. The lowest BCUT2D eigenvalue weighted by atomic mass is 10.1. The molecule has 0 aromatic heterocycles. The number of benzene rings is 1. The lowest BCUT2D eigenvalue weighted by Gasteiger charge is -2.15. The number of hydrogen-bond donors (Lipinski definition) is 1. The third-order valence-electron chi connectivity index (χ3n) is 3.78. The summed E-state index contributed by atoms with van der Waals surface area (Å²) in [7, 11) is 2.68. The Bertz CT molecular complexity index is 593. The summed E-state index contributed by atoms with van der Waals surface area (Å²) >= 11 is 0. The molecule has 1 aliphatic rings. The van der Waals surface area contributed by atoms with Crippen LogP contribution in [0.15, 0.2) is 12.1 Å². The predicted molar refractivity (Wildman–Crippen MR) is 76.4 cm³/mol. The van der Waals surface area contributed by atoms with Crippen LogP contribution in [0.4, 0.5) is 15.8 Å². The van der Waals surface area contributed by atoms with Crippen LogP contribution in [-0.2, 0) is 9.53 Å². The van der Waals surface area contributed by atoms with Crippen LogP contribution >= 0.6 is 0 Å². The van der Waals surface area contributed by atoms with Crippen LogP contribution in [0.25, 0.3) is 0 Å². The normalized spacial score (nSPS) is 20.5. The summed E-state index contributed by atoms with van der Waals surface area (Å²) < 4.78 is 23.5. The van der Waals surface area contributed by atoms with Gasteiger partial charge in [-0.1, -0.05) is 0 Å². The van der Waals surface area contributed by atoms with E-state index in [4.69, 9.17) is 9.47 Å². The molecule has 0 radical (unpaired) electrons. The van der Waals surface area contributed by atoms with Gasteiger partial charge in [0.1, 0.15) is 11.4 Å². The third kappa shape index (κ3) is 3.26. The first kappa shape index (κ1) is 16.0. The van der Waals surface area contributed by atoms with Crippen molar-refractivity contribution in [1.29, 1.82) is 0 Å². The Morgan fingerprint density at radius 2 is 2.14 bits per heavy atom. The molecule has 0 bridgehead atoms. The van der Waals surface area contributed by atoms with Crippen molar-refractivity contribution in [1.82, 2.24) is 0 Å². The smallest absolute Gasteiger partial charge is 0.327 e. The van der Waals surface area contributed by atoms with Crippen molar-refractivity contribution in [3.63, 3.8) is 0 Å². The molecule has 8 heteroatoms. The van der Waals surface area contributed by atoms with Gasteiger partial charge in [-0.25, -0.2) is 0 Å². The Morgan fingerprint density at radius 1 is 1.41 bits per heavy atom. The molecule has 0 heterocycles. The highest BCUT2D eigenvalue weighted by Gasteiger charge is 2.32. The summed E-state index contributed by atoms with van der Waals surface area (Å²) in [5, 5.41) is 14.0. The topological polar surface area (TPSA) is 90.7 Å². The molecule has 7 nitrogen and oxygen atoms in total. The number of nitrogens with zero attached hydrogens (tertiary/aromatic N) is 1. The molecule has 2 atom stereocenters. The molecule has 120 valence electrons. The molecule has 1 aliphatic carbocycles. The summed E-state index contributed by atoms with van der Waals surface area (Å²) in [5.74, 6) is -1.31. The fraction of sp³-hybridized carbons (Fsp3) is 0.500. The summed E-state index contributed by atoms with van der Waals surface area (Å²) in [6, 6.07) is 2.19. The number of ether oxygens (including phenoxy) is 2. The van der Waals surface area contributed by atoms with Crippen LogP contribution in [0, 0.1) is 21.8 Å². The Labute approximate surface area is 126 Å². The van der Waals surface area contributed by atoms with E-state index in [1.165, 1.54) is 20.3 Å². The summed E-state index contributed by atoms with van der Waals surface area (Å²) in [6.45, 7) is 0. The summed E-state index contributed by atoms with van der Waals surface area (Å²) in [6.07, 6.45) is 1.77. The molecule has 1 aromatic carbocycles.